The summed E-state index contributed by atoms with van der Waals surface area (Å²) in [6, 6.07) is 1.98. The number of piperidine rings is 1. The Kier molecular flexibility index (Phi) is 6.56. The van der Waals surface area contributed by atoms with Gasteiger partial charge in [-0.25, -0.2) is 4.98 Å². The Balaban J connectivity index is 1.39. The summed E-state index contributed by atoms with van der Waals surface area (Å²) in [5.74, 6) is -0.479. The van der Waals surface area contributed by atoms with Crippen LogP contribution in [0.5, 0.6) is 0 Å². The predicted octanol–water partition coefficient (Wildman–Crippen LogP) is 4.76. The molecule has 6 nitrogen and oxygen atoms in total. The Labute approximate surface area is 181 Å². The van der Waals surface area contributed by atoms with Crippen LogP contribution in [0.3, 0.4) is 0 Å². The van der Waals surface area contributed by atoms with E-state index in [2.05, 4.69) is 10.3 Å². The maximum absolute atomic E-state index is 13.0. The zero-order valence-electron chi connectivity index (χ0n) is 17.7. The van der Waals surface area contributed by atoms with E-state index in [1.807, 2.05) is 23.8 Å². The summed E-state index contributed by atoms with van der Waals surface area (Å²) in [7, 11) is 0. The lowest BCUT2D eigenvalue weighted by molar-refractivity contribution is -0.143. The van der Waals surface area contributed by atoms with E-state index in [9.17, 15) is 14.7 Å². The van der Waals surface area contributed by atoms with Crippen molar-refractivity contribution in [2.75, 3.05) is 18.0 Å². The van der Waals surface area contributed by atoms with Crippen molar-refractivity contribution in [3.63, 3.8) is 0 Å². The highest BCUT2D eigenvalue weighted by Gasteiger charge is 2.28. The standard InChI is InChI=1S/C23H31N3O3S/c1-16-11-20(21(27)12-17-5-7-18(8-6-17)22(28)29)26(13-16)14-19-15-30-23(24-19)25-9-3-2-4-10-25/h11,13,15,17-18H,2-10,12,14H2,1H3,(H,28,29). The van der Waals surface area contributed by atoms with Gasteiger partial charge in [0.15, 0.2) is 10.9 Å². The molecule has 1 saturated carbocycles. The van der Waals surface area contributed by atoms with Crippen LogP contribution in [0.15, 0.2) is 17.6 Å². The van der Waals surface area contributed by atoms with Crippen molar-refractivity contribution >= 4 is 28.2 Å². The fourth-order valence-corrected chi connectivity index (χ4v) is 5.65. The predicted molar refractivity (Wildman–Crippen MR) is 118 cm³/mol. The average molecular weight is 430 g/mol. The lowest BCUT2D eigenvalue weighted by atomic mass is 9.79. The summed E-state index contributed by atoms with van der Waals surface area (Å²) < 4.78 is 2.04. The quantitative estimate of drug-likeness (QED) is 0.643. The minimum absolute atomic E-state index is 0.161. The zero-order valence-corrected chi connectivity index (χ0v) is 18.5. The number of carboxylic acids is 1. The third kappa shape index (κ3) is 4.94. The van der Waals surface area contributed by atoms with Crippen molar-refractivity contribution in [3.8, 4) is 0 Å². The largest absolute Gasteiger partial charge is 0.481 e. The van der Waals surface area contributed by atoms with Crippen molar-refractivity contribution in [3.05, 3.63) is 34.6 Å². The first-order valence-electron chi connectivity index (χ1n) is 11.1. The van der Waals surface area contributed by atoms with E-state index >= 15 is 0 Å². The van der Waals surface area contributed by atoms with Gasteiger partial charge in [-0.1, -0.05) is 0 Å². The number of hydrogen-bond acceptors (Lipinski definition) is 5. The fourth-order valence-electron chi connectivity index (χ4n) is 4.78. The number of rotatable bonds is 7. The van der Waals surface area contributed by atoms with Gasteiger partial charge in [0.25, 0.3) is 0 Å². The first-order chi connectivity index (χ1) is 14.5. The smallest absolute Gasteiger partial charge is 0.306 e. The summed E-state index contributed by atoms with van der Waals surface area (Å²) >= 11 is 1.70. The van der Waals surface area contributed by atoms with Gasteiger partial charge in [-0.15, -0.1) is 11.3 Å². The minimum atomic E-state index is -0.698. The molecule has 0 spiro atoms. The van der Waals surface area contributed by atoms with E-state index in [0.717, 1.165) is 48.0 Å². The molecule has 1 aliphatic carbocycles. The van der Waals surface area contributed by atoms with E-state index in [0.29, 0.717) is 31.7 Å². The van der Waals surface area contributed by atoms with Gasteiger partial charge in [-0.2, -0.15) is 0 Å². The number of nitrogens with zero attached hydrogens (tertiary/aromatic N) is 3. The van der Waals surface area contributed by atoms with Crippen LogP contribution >= 0.6 is 11.3 Å². The SMILES string of the molecule is Cc1cc(C(=O)CC2CCC(C(=O)O)CC2)n(Cc2csc(N3CCCCC3)n2)c1. The maximum Gasteiger partial charge on any atom is 0.306 e. The molecule has 0 aromatic carbocycles. The van der Waals surface area contributed by atoms with Gasteiger partial charge in [-0.05, 0) is 69.4 Å². The Morgan fingerprint density at radius 1 is 1.17 bits per heavy atom. The molecule has 1 aliphatic heterocycles. The number of carboxylic acid groups (broad SMARTS) is 1. The molecule has 2 aromatic rings. The Hall–Kier alpha value is -2.15. The summed E-state index contributed by atoms with van der Waals surface area (Å²) in [5, 5.41) is 12.4. The van der Waals surface area contributed by atoms with Crippen LogP contribution < -0.4 is 4.90 Å². The minimum Gasteiger partial charge on any atom is -0.481 e. The van der Waals surface area contributed by atoms with E-state index in [1.165, 1.54) is 19.3 Å². The first kappa shape index (κ1) is 21.1. The van der Waals surface area contributed by atoms with Crippen LogP contribution in [-0.4, -0.2) is 39.5 Å². The number of Topliss-reactive ketones (excluding diaryl/α,β-unsaturated/α-hetero) is 1. The Bertz CT molecular complexity index is 889. The van der Waals surface area contributed by atoms with Crippen LogP contribution in [0, 0.1) is 18.8 Å². The second-order valence-corrected chi connectivity index (χ2v) is 9.72. The number of carbonyl (C=O) groups is 2. The molecular weight excluding hydrogens is 398 g/mol. The number of thiazole rings is 1. The molecule has 7 heteroatoms. The van der Waals surface area contributed by atoms with E-state index in [1.54, 1.807) is 11.3 Å². The zero-order chi connectivity index (χ0) is 21.1. The molecule has 162 valence electrons. The number of aryl methyl sites for hydroxylation is 1. The second-order valence-electron chi connectivity index (χ2n) is 8.88. The Morgan fingerprint density at radius 2 is 1.90 bits per heavy atom. The van der Waals surface area contributed by atoms with E-state index in [4.69, 9.17) is 4.98 Å². The van der Waals surface area contributed by atoms with Gasteiger partial charge < -0.3 is 14.6 Å². The first-order valence-corrected chi connectivity index (χ1v) is 12.0. The number of ketones is 1. The molecule has 0 atom stereocenters. The van der Waals surface area contributed by atoms with Crippen molar-refractivity contribution in [2.24, 2.45) is 11.8 Å². The van der Waals surface area contributed by atoms with Crippen molar-refractivity contribution in [1.29, 1.82) is 0 Å². The number of carbonyl (C=O) groups excluding carboxylic acids is 1. The van der Waals surface area contributed by atoms with Crippen molar-refractivity contribution in [1.82, 2.24) is 9.55 Å². The molecule has 0 radical (unpaired) electrons. The van der Waals surface area contributed by atoms with Gasteiger partial charge in [0, 0.05) is 31.1 Å². The van der Waals surface area contributed by atoms with Gasteiger partial charge in [0.1, 0.15) is 0 Å². The molecule has 0 bridgehead atoms. The lowest BCUT2D eigenvalue weighted by Gasteiger charge is -2.25. The summed E-state index contributed by atoms with van der Waals surface area (Å²) in [5.41, 5.74) is 2.84. The highest BCUT2D eigenvalue weighted by molar-refractivity contribution is 7.13. The van der Waals surface area contributed by atoms with Crippen molar-refractivity contribution in [2.45, 2.75) is 64.8 Å². The monoisotopic (exact) mass is 429 g/mol. The van der Waals surface area contributed by atoms with E-state index in [-0.39, 0.29) is 11.7 Å². The lowest BCUT2D eigenvalue weighted by Crippen LogP contribution is -2.29. The number of aliphatic carboxylic acids is 1. The molecule has 1 N–H and O–H groups in total. The number of aromatic nitrogens is 2. The molecule has 3 heterocycles. The normalized spacial score (nSPS) is 22.2. The van der Waals surface area contributed by atoms with Gasteiger partial charge in [-0.3, -0.25) is 9.59 Å². The van der Waals surface area contributed by atoms with Crippen LogP contribution in [0.2, 0.25) is 0 Å². The molecule has 0 amide bonds. The molecule has 4 rings (SSSR count). The third-order valence-corrected chi connectivity index (χ3v) is 7.44. The van der Waals surface area contributed by atoms with Crippen LogP contribution in [0.25, 0.3) is 0 Å². The molecule has 30 heavy (non-hydrogen) atoms. The summed E-state index contributed by atoms with van der Waals surface area (Å²) in [4.78, 5) is 31.4. The van der Waals surface area contributed by atoms with E-state index < -0.39 is 5.97 Å². The average Bonchev–Trinajstić information content (AvgIpc) is 3.36. The molecule has 0 unspecified atom stereocenters. The summed E-state index contributed by atoms with van der Waals surface area (Å²) in [6.07, 6.45) is 9.34. The topological polar surface area (TPSA) is 75.4 Å². The molecule has 2 aromatic heterocycles. The van der Waals surface area contributed by atoms with Crippen LogP contribution in [0.4, 0.5) is 5.13 Å². The maximum atomic E-state index is 13.0. The Morgan fingerprint density at radius 3 is 2.60 bits per heavy atom. The van der Waals surface area contributed by atoms with Gasteiger partial charge in [0.2, 0.25) is 0 Å². The van der Waals surface area contributed by atoms with Crippen LogP contribution in [-0.2, 0) is 11.3 Å². The molecule has 2 fully saturated rings. The number of hydrogen-bond donors (Lipinski definition) is 1. The van der Waals surface area contributed by atoms with Gasteiger partial charge >= 0.3 is 5.97 Å². The highest BCUT2D eigenvalue weighted by Crippen LogP contribution is 2.32. The second kappa shape index (κ2) is 9.33. The molecule has 1 saturated heterocycles. The number of anilines is 1. The summed E-state index contributed by atoms with van der Waals surface area (Å²) in [6.45, 7) is 4.81. The molecule has 2 aliphatic rings. The third-order valence-electron chi connectivity index (χ3n) is 6.49. The highest BCUT2D eigenvalue weighted by atomic mass is 32.1. The van der Waals surface area contributed by atoms with Crippen molar-refractivity contribution < 1.29 is 14.7 Å². The fraction of sp³-hybridized carbons (Fsp3) is 0.609. The van der Waals surface area contributed by atoms with Gasteiger partial charge in [0.05, 0.1) is 23.9 Å². The molecular formula is C23H31N3O3S. The van der Waals surface area contributed by atoms with Crippen LogP contribution in [0.1, 0.15) is 73.1 Å².